The SMILES string of the molecule is CNc1nc(C(C)(C)C)nc(OC2COC2)c1C. The Kier molecular flexibility index (Phi) is 3.43. The number of hydrogen-bond donors (Lipinski definition) is 1. The van der Waals surface area contributed by atoms with Gasteiger partial charge in [0.25, 0.3) is 0 Å². The molecule has 1 aromatic heterocycles. The number of anilines is 1. The van der Waals surface area contributed by atoms with Crippen LogP contribution in [-0.4, -0.2) is 36.3 Å². The molecule has 0 aromatic carbocycles. The smallest absolute Gasteiger partial charge is 0.222 e. The summed E-state index contributed by atoms with van der Waals surface area (Å²) < 4.78 is 11.0. The summed E-state index contributed by atoms with van der Waals surface area (Å²) in [7, 11) is 1.86. The zero-order chi connectivity index (χ0) is 13.3. The van der Waals surface area contributed by atoms with Gasteiger partial charge in [0.1, 0.15) is 17.7 Å². The Morgan fingerprint density at radius 1 is 1.28 bits per heavy atom. The minimum Gasteiger partial charge on any atom is -0.469 e. The largest absolute Gasteiger partial charge is 0.469 e. The van der Waals surface area contributed by atoms with E-state index in [0.29, 0.717) is 19.1 Å². The van der Waals surface area contributed by atoms with Crippen LogP contribution >= 0.6 is 0 Å². The second kappa shape index (κ2) is 4.72. The van der Waals surface area contributed by atoms with E-state index in [9.17, 15) is 0 Å². The van der Waals surface area contributed by atoms with E-state index in [4.69, 9.17) is 9.47 Å². The molecule has 0 aliphatic carbocycles. The number of nitrogens with one attached hydrogen (secondary N) is 1. The van der Waals surface area contributed by atoms with Gasteiger partial charge >= 0.3 is 0 Å². The molecule has 0 amide bonds. The van der Waals surface area contributed by atoms with Crippen LogP contribution in [0.5, 0.6) is 5.88 Å². The summed E-state index contributed by atoms with van der Waals surface area (Å²) in [5, 5.41) is 3.10. The average Bonchev–Trinajstić information content (AvgIpc) is 2.23. The summed E-state index contributed by atoms with van der Waals surface area (Å²) in [6, 6.07) is 0. The van der Waals surface area contributed by atoms with Crippen molar-refractivity contribution in [3.05, 3.63) is 11.4 Å². The molecule has 0 spiro atoms. The predicted molar refractivity (Wildman–Crippen MR) is 70.3 cm³/mol. The summed E-state index contributed by atoms with van der Waals surface area (Å²) in [6.07, 6.45) is 0.121. The molecule has 2 heterocycles. The van der Waals surface area contributed by atoms with Gasteiger partial charge in [-0.25, -0.2) is 4.98 Å². The van der Waals surface area contributed by atoms with E-state index in [1.54, 1.807) is 0 Å². The van der Waals surface area contributed by atoms with E-state index in [0.717, 1.165) is 17.2 Å². The van der Waals surface area contributed by atoms with Crippen LogP contribution in [0.1, 0.15) is 32.2 Å². The molecule has 0 unspecified atom stereocenters. The summed E-state index contributed by atoms with van der Waals surface area (Å²) in [4.78, 5) is 9.09. The van der Waals surface area contributed by atoms with Gasteiger partial charge in [0.05, 0.1) is 18.8 Å². The molecule has 0 saturated carbocycles. The lowest BCUT2D eigenvalue weighted by Crippen LogP contribution is -2.39. The molecule has 1 N–H and O–H groups in total. The summed E-state index contributed by atoms with van der Waals surface area (Å²) >= 11 is 0. The lowest BCUT2D eigenvalue weighted by Gasteiger charge is -2.28. The Balaban J connectivity index is 2.36. The number of hydrogen-bond acceptors (Lipinski definition) is 5. The number of aromatic nitrogens is 2. The van der Waals surface area contributed by atoms with E-state index >= 15 is 0 Å². The van der Waals surface area contributed by atoms with Crippen LogP contribution in [0, 0.1) is 6.92 Å². The third kappa shape index (κ3) is 2.56. The van der Waals surface area contributed by atoms with Gasteiger partial charge < -0.3 is 14.8 Å². The fourth-order valence-corrected chi connectivity index (χ4v) is 1.63. The topological polar surface area (TPSA) is 56.3 Å². The number of ether oxygens (including phenoxy) is 2. The molecule has 1 saturated heterocycles. The molecular formula is C13H21N3O2. The minimum absolute atomic E-state index is 0.104. The standard InChI is InChI=1S/C13H21N3O2/c1-8-10(14-5)15-12(13(2,3)4)16-11(8)18-9-6-17-7-9/h9H,6-7H2,1-5H3,(H,14,15,16). The minimum atomic E-state index is -0.104. The molecule has 5 nitrogen and oxygen atoms in total. The van der Waals surface area contributed by atoms with Gasteiger partial charge in [0, 0.05) is 12.5 Å². The highest BCUT2D eigenvalue weighted by molar-refractivity contribution is 5.48. The Morgan fingerprint density at radius 3 is 2.39 bits per heavy atom. The second-order valence-electron chi connectivity index (χ2n) is 5.60. The molecule has 1 aliphatic rings. The Morgan fingerprint density at radius 2 is 1.94 bits per heavy atom. The second-order valence-corrected chi connectivity index (χ2v) is 5.60. The van der Waals surface area contributed by atoms with Crippen molar-refractivity contribution in [2.45, 2.75) is 39.2 Å². The first kappa shape index (κ1) is 13.1. The van der Waals surface area contributed by atoms with Crippen molar-refractivity contribution >= 4 is 5.82 Å². The van der Waals surface area contributed by atoms with Crippen LogP contribution in [0.25, 0.3) is 0 Å². The van der Waals surface area contributed by atoms with Crippen LogP contribution in [0.2, 0.25) is 0 Å². The first-order valence-corrected chi connectivity index (χ1v) is 6.23. The highest BCUT2D eigenvalue weighted by Crippen LogP contribution is 2.28. The Hall–Kier alpha value is -1.36. The van der Waals surface area contributed by atoms with E-state index < -0.39 is 0 Å². The Labute approximate surface area is 108 Å². The maximum absolute atomic E-state index is 5.84. The van der Waals surface area contributed by atoms with E-state index in [1.807, 2.05) is 14.0 Å². The van der Waals surface area contributed by atoms with Crippen LogP contribution < -0.4 is 10.1 Å². The van der Waals surface area contributed by atoms with Crippen molar-refractivity contribution in [3.8, 4) is 5.88 Å². The molecule has 0 radical (unpaired) electrons. The molecule has 1 aromatic rings. The van der Waals surface area contributed by atoms with E-state index in [-0.39, 0.29) is 11.5 Å². The molecule has 1 fully saturated rings. The molecule has 18 heavy (non-hydrogen) atoms. The lowest BCUT2D eigenvalue weighted by molar-refractivity contribution is -0.0817. The molecule has 0 atom stereocenters. The summed E-state index contributed by atoms with van der Waals surface area (Å²) in [5.41, 5.74) is 0.838. The fourth-order valence-electron chi connectivity index (χ4n) is 1.63. The first-order valence-electron chi connectivity index (χ1n) is 6.23. The van der Waals surface area contributed by atoms with Crippen molar-refractivity contribution < 1.29 is 9.47 Å². The van der Waals surface area contributed by atoms with Crippen LogP contribution in [0.4, 0.5) is 5.82 Å². The monoisotopic (exact) mass is 251 g/mol. The molecule has 2 rings (SSSR count). The quantitative estimate of drug-likeness (QED) is 0.889. The maximum atomic E-state index is 5.84. The molecule has 1 aliphatic heterocycles. The lowest BCUT2D eigenvalue weighted by atomic mass is 9.95. The van der Waals surface area contributed by atoms with Crippen molar-refractivity contribution in [1.29, 1.82) is 0 Å². The molecule has 5 heteroatoms. The normalized spacial score (nSPS) is 16.3. The van der Waals surface area contributed by atoms with Gasteiger partial charge in [-0.3, -0.25) is 0 Å². The number of rotatable bonds is 3. The van der Waals surface area contributed by atoms with Gasteiger partial charge in [-0.05, 0) is 6.92 Å². The third-order valence-electron chi connectivity index (χ3n) is 2.89. The zero-order valence-corrected chi connectivity index (χ0v) is 11.7. The molecule has 0 bridgehead atoms. The first-order chi connectivity index (χ1) is 8.41. The highest BCUT2D eigenvalue weighted by atomic mass is 16.6. The molecule has 100 valence electrons. The summed E-state index contributed by atoms with van der Waals surface area (Å²) in [6.45, 7) is 9.52. The van der Waals surface area contributed by atoms with Gasteiger partial charge in [-0.2, -0.15) is 4.98 Å². The van der Waals surface area contributed by atoms with Gasteiger partial charge in [-0.15, -0.1) is 0 Å². The van der Waals surface area contributed by atoms with Gasteiger partial charge in [-0.1, -0.05) is 20.8 Å². The van der Waals surface area contributed by atoms with Crippen LogP contribution in [0.15, 0.2) is 0 Å². The summed E-state index contributed by atoms with van der Waals surface area (Å²) in [5.74, 6) is 2.27. The van der Waals surface area contributed by atoms with Crippen LogP contribution in [0.3, 0.4) is 0 Å². The zero-order valence-electron chi connectivity index (χ0n) is 11.7. The molecular weight excluding hydrogens is 230 g/mol. The third-order valence-corrected chi connectivity index (χ3v) is 2.89. The highest BCUT2D eigenvalue weighted by Gasteiger charge is 2.25. The Bertz CT molecular complexity index is 437. The van der Waals surface area contributed by atoms with Crippen molar-refractivity contribution in [3.63, 3.8) is 0 Å². The van der Waals surface area contributed by atoms with E-state index in [1.165, 1.54) is 0 Å². The van der Waals surface area contributed by atoms with Crippen LogP contribution in [-0.2, 0) is 10.2 Å². The fraction of sp³-hybridized carbons (Fsp3) is 0.692. The van der Waals surface area contributed by atoms with Crippen molar-refractivity contribution in [1.82, 2.24) is 9.97 Å². The van der Waals surface area contributed by atoms with Crippen molar-refractivity contribution in [2.75, 3.05) is 25.6 Å². The number of nitrogens with zero attached hydrogens (tertiary/aromatic N) is 2. The average molecular weight is 251 g/mol. The van der Waals surface area contributed by atoms with Gasteiger partial charge in [0.15, 0.2) is 0 Å². The predicted octanol–water partition coefficient (Wildman–Crippen LogP) is 1.90. The van der Waals surface area contributed by atoms with Gasteiger partial charge in [0.2, 0.25) is 5.88 Å². The van der Waals surface area contributed by atoms with E-state index in [2.05, 4.69) is 36.1 Å². The maximum Gasteiger partial charge on any atom is 0.222 e. The van der Waals surface area contributed by atoms with Crippen molar-refractivity contribution in [2.24, 2.45) is 0 Å².